The van der Waals surface area contributed by atoms with Crippen LogP contribution in [-0.2, 0) is 14.4 Å². The van der Waals surface area contributed by atoms with Crippen LogP contribution in [0.4, 0.5) is 0 Å². The molecule has 0 bridgehead atoms. The molecule has 0 aromatic heterocycles. The van der Waals surface area contributed by atoms with Crippen LogP contribution in [0.2, 0.25) is 0 Å². The fourth-order valence-electron chi connectivity index (χ4n) is 1.17. The summed E-state index contributed by atoms with van der Waals surface area (Å²) in [7, 11) is 0. The molecular weight excluding hydrogens is 290 g/mol. The number of hydrogen-bond donors (Lipinski definition) is 6. The molecule has 0 aliphatic rings. The highest BCUT2D eigenvalue weighted by Gasteiger charge is 2.20. The standard InChI is InChI=1S/C10H19N3O4S2/c11-6(10(16)17)1-2-8(14)13-7(5-19)9(15)12-3-4-18/h6-7,18-19H,1-5,11H2,(H,12,15)(H,13,14)(H,16,17). The number of hydrogen-bond acceptors (Lipinski definition) is 6. The average Bonchev–Trinajstić information content (AvgIpc) is 2.38. The molecule has 2 atom stereocenters. The summed E-state index contributed by atoms with van der Waals surface area (Å²) in [6.45, 7) is 0.395. The summed E-state index contributed by atoms with van der Waals surface area (Å²) < 4.78 is 0. The van der Waals surface area contributed by atoms with E-state index in [4.69, 9.17) is 10.8 Å². The first kappa shape index (κ1) is 18.1. The topological polar surface area (TPSA) is 122 Å². The van der Waals surface area contributed by atoms with E-state index in [2.05, 4.69) is 35.9 Å². The number of aliphatic carboxylic acids is 1. The van der Waals surface area contributed by atoms with Gasteiger partial charge in [-0.05, 0) is 6.42 Å². The molecule has 0 fully saturated rings. The Bertz CT molecular complexity index is 328. The van der Waals surface area contributed by atoms with E-state index in [1.807, 2.05) is 0 Å². The minimum atomic E-state index is -1.16. The van der Waals surface area contributed by atoms with Crippen LogP contribution in [0, 0.1) is 0 Å². The SMILES string of the molecule is NC(CCC(=O)NC(CS)C(=O)NCCS)C(=O)O. The van der Waals surface area contributed by atoms with E-state index in [0.29, 0.717) is 12.3 Å². The Morgan fingerprint density at radius 3 is 2.37 bits per heavy atom. The van der Waals surface area contributed by atoms with E-state index < -0.39 is 24.0 Å². The Morgan fingerprint density at radius 1 is 1.26 bits per heavy atom. The lowest BCUT2D eigenvalue weighted by Crippen LogP contribution is -2.48. The van der Waals surface area contributed by atoms with Gasteiger partial charge in [-0.2, -0.15) is 25.3 Å². The monoisotopic (exact) mass is 309 g/mol. The van der Waals surface area contributed by atoms with E-state index in [1.54, 1.807) is 0 Å². The van der Waals surface area contributed by atoms with Crippen LogP contribution in [0.25, 0.3) is 0 Å². The van der Waals surface area contributed by atoms with Crippen molar-refractivity contribution >= 4 is 43.0 Å². The zero-order chi connectivity index (χ0) is 14.8. The van der Waals surface area contributed by atoms with Crippen molar-refractivity contribution in [1.29, 1.82) is 0 Å². The number of carboxylic acid groups (broad SMARTS) is 1. The van der Waals surface area contributed by atoms with Gasteiger partial charge in [0, 0.05) is 24.5 Å². The number of amides is 2. The van der Waals surface area contributed by atoms with Gasteiger partial charge in [-0.15, -0.1) is 0 Å². The van der Waals surface area contributed by atoms with E-state index in [9.17, 15) is 14.4 Å². The van der Waals surface area contributed by atoms with Gasteiger partial charge < -0.3 is 21.5 Å². The van der Waals surface area contributed by atoms with E-state index in [-0.39, 0.29) is 24.5 Å². The molecule has 0 aromatic rings. The molecule has 0 spiro atoms. The predicted molar refractivity (Wildman–Crippen MR) is 77.5 cm³/mol. The van der Waals surface area contributed by atoms with E-state index >= 15 is 0 Å². The summed E-state index contributed by atoms with van der Waals surface area (Å²) in [5.74, 6) is -1.30. The molecule has 9 heteroatoms. The zero-order valence-electron chi connectivity index (χ0n) is 10.3. The van der Waals surface area contributed by atoms with Crippen LogP contribution >= 0.6 is 25.3 Å². The Morgan fingerprint density at radius 2 is 1.89 bits per heavy atom. The third-order valence-electron chi connectivity index (χ3n) is 2.24. The lowest BCUT2D eigenvalue weighted by atomic mass is 10.1. The largest absolute Gasteiger partial charge is 0.480 e. The van der Waals surface area contributed by atoms with Crippen LogP contribution in [-0.4, -0.2) is 53.0 Å². The van der Waals surface area contributed by atoms with Gasteiger partial charge in [0.2, 0.25) is 11.8 Å². The summed E-state index contributed by atoms with van der Waals surface area (Å²) >= 11 is 7.93. The van der Waals surface area contributed by atoms with E-state index in [1.165, 1.54) is 0 Å². The van der Waals surface area contributed by atoms with Crippen LogP contribution in [0.3, 0.4) is 0 Å². The summed E-state index contributed by atoms with van der Waals surface area (Å²) in [4.78, 5) is 33.6. The molecule has 0 heterocycles. The molecule has 0 aliphatic carbocycles. The molecule has 2 unspecified atom stereocenters. The second-order valence-electron chi connectivity index (χ2n) is 3.80. The minimum Gasteiger partial charge on any atom is -0.480 e. The van der Waals surface area contributed by atoms with Crippen molar-refractivity contribution in [2.24, 2.45) is 5.73 Å². The first-order valence-corrected chi connectivity index (χ1v) is 6.96. The van der Waals surface area contributed by atoms with Gasteiger partial charge in [0.1, 0.15) is 12.1 Å². The molecule has 0 aliphatic heterocycles. The number of carbonyl (C=O) groups excluding carboxylic acids is 2. The van der Waals surface area contributed by atoms with Gasteiger partial charge in [0.25, 0.3) is 0 Å². The summed E-state index contributed by atoms with van der Waals surface area (Å²) in [5, 5.41) is 13.6. The molecule has 110 valence electrons. The summed E-state index contributed by atoms with van der Waals surface area (Å²) in [5.41, 5.74) is 5.27. The van der Waals surface area contributed by atoms with Crippen molar-refractivity contribution in [1.82, 2.24) is 10.6 Å². The van der Waals surface area contributed by atoms with Crippen molar-refractivity contribution in [3.05, 3.63) is 0 Å². The number of thiol groups is 2. The molecule has 0 saturated heterocycles. The Hall–Kier alpha value is -0.930. The molecule has 0 rings (SSSR count). The second kappa shape index (κ2) is 9.93. The fraction of sp³-hybridized carbons (Fsp3) is 0.700. The van der Waals surface area contributed by atoms with Crippen molar-refractivity contribution < 1.29 is 19.5 Å². The molecule has 2 amide bonds. The molecule has 5 N–H and O–H groups in total. The third kappa shape index (κ3) is 7.96. The van der Waals surface area contributed by atoms with Gasteiger partial charge >= 0.3 is 5.97 Å². The van der Waals surface area contributed by atoms with Gasteiger partial charge in [0.05, 0.1) is 0 Å². The maximum atomic E-state index is 11.6. The highest BCUT2D eigenvalue weighted by Crippen LogP contribution is 1.97. The Kier molecular flexibility index (Phi) is 9.44. The number of carbonyl (C=O) groups is 3. The first-order chi connectivity index (χ1) is 8.92. The van der Waals surface area contributed by atoms with Gasteiger partial charge in [-0.25, -0.2) is 0 Å². The summed E-state index contributed by atoms with van der Waals surface area (Å²) in [6.07, 6.45) is -0.0453. The summed E-state index contributed by atoms with van der Waals surface area (Å²) in [6, 6.07) is -1.84. The number of nitrogens with two attached hydrogens (primary N) is 1. The molecule has 0 aromatic carbocycles. The highest BCUT2D eigenvalue weighted by molar-refractivity contribution is 7.80. The maximum absolute atomic E-state index is 11.6. The van der Waals surface area contributed by atoms with Gasteiger partial charge in [0.15, 0.2) is 0 Å². The van der Waals surface area contributed by atoms with Crippen LogP contribution in [0.5, 0.6) is 0 Å². The highest BCUT2D eigenvalue weighted by atomic mass is 32.1. The quantitative estimate of drug-likeness (QED) is 0.294. The molecule has 7 nitrogen and oxygen atoms in total. The molecule has 19 heavy (non-hydrogen) atoms. The van der Waals surface area contributed by atoms with E-state index in [0.717, 1.165) is 0 Å². The van der Waals surface area contributed by atoms with Gasteiger partial charge in [-0.3, -0.25) is 14.4 Å². The first-order valence-electron chi connectivity index (χ1n) is 5.69. The molecule has 0 radical (unpaired) electrons. The molecular formula is C10H19N3O4S2. The fourth-order valence-corrected chi connectivity index (χ4v) is 1.54. The zero-order valence-corrected chi connectivity index (χ0v) is 12.1. The van der Waals surface area contributed by atoms with Crippen LogP contribution < -0.4 is 16.4 Å². The lowest BCUT2D eigenvalue weighted by Gasteiger charge is -2.16. The molecule has 0 saturated carbocycles. The van der Waals surface area contributed by atoms with Crippen molar-refractivity contribution in [3.8, 4) is 0 Å². The van der Waals surface area contributed by atoms with Gasteiger partial charge in [-0.1, -0.05) is 0 Å². The van der Waals surface area contributed by atoms with Crippen molar-refractivity contribution in [3.63, 3.8) is 0 Å². The third-order valence-corrected chi connectivity index (χ3v) is 2.83. The maximum Gasteiger partial charge on any atom is 0.320 e. The number of carboxylic acids is 1. The van der Waals surface area contributed by atoms with Crippen LogP contribution in [0.15, 0.2) is 0 Å². The minimum absolute atomic E-state index is 0.0126. The number of nitrogens with one attached hydrogen (secondary N) is 2. The lowest BCUT2D eigenvalue weighted by molar-refractivity contribution is -0.138. The Balaban J connectivity index is 4.13. The average molecular weight is 309 g/mol. The predicted octanol–water partition coefficient (Wildman–Crippen LogP) is -1.36. The second-order valence-corrected chi connectivity index (χ2v) is 4.61. The van der Waals surface area contributed by atoms with Crippen molar-refractivity contribution in [2.45, 2.75) is 24.9 Å². The van der Waals surface area contributed by atoms with Crippen LogP contribution in [0.1, 0.15) is 12.8 Å². The Labute approximate surface area is 122 Å². The smallest absolute Gasteiger partial charge is 0.320 e. The van der Waals surface area contributed by atoms with Crippen molar-refractivity contribution in [2.75, 3.05) is 18.1 Å². The normalized spacial score (nSPS) is 13.4. The number of rotatable bonds is 9.